The minimum atomic E-state index is 1.00. The standard InChI is InChI=1S/C38H27N/c1-26-22-23-39-36(24-26)28-18-16-27(17-19-28)31-20-21-34-35(25-31)38(30-12-6-3-7-13-30)33-15-9-8-14-32(33)37(34)29-10-4-2-5-11-29/h2-25H,1H3. The van der Waals surface area contributed by atoms with Gasteiger partial charge in [0, 0.05) is 11.8 Å². The third kappa shape index (κ3) is 4.19. The lowest BCUT2D eigenvalue weighted by molar-refractivity contribution is 1.29. The summed E-state index contributed by atoms with van der Waals surface area (Å²) in [6, 6.07) is 50.3. The number of pyridine rings is 1. The molecule has 184 valence electrons. The third-order valence-electron chi connectivity index (χ3n) is 7.58. The summed E-state index contributed by atoms with van der Waals surface area (Å²) in [6.07, 6.45) is 1.88. The second kappa shape index (κ2) is 9.70. The van der Waals surface area contributed by atoms with Crippen LogP contribution in [0, 0.1) is 6.92 Å². The zero-order chi connectivity index (χ0) is 26.2. The maximum atomic E-state index is 4.57. The maximum absolute atomic E-state index is 4.57. The van der Waals surface area contributed by atoms with Crippen LogP contribution >= 0.6 is 0 Å². The van der Waals surface area contributed by atoms with Gasteiger partial charge in [-0.25, -0.2) is 0 Å². The van der Waals surface area contributed by atoms with E-state index in [2.05, 4.69) is 145 Å². The van der Waals surface area contributed by atoms with Crippen molar-refractivity contribution in [2.45, 2.75) is 6.92 Å². The molecule has 0 N–H and O–H groups in total. The lowest BCUT2D eigenvalue weighted by atomic mass is 9.85. The van der Waals surface area contributed by atoms with Crippen molar-refractivity contribution in [1.82, 2.24) is 4.98 Å². The average molecular weight is 498 g/mol. The average Bonchev–Trinajstić information content (AvgIpc) is 3.00. The molecule has 0 unspecified atom stereocenters. The molecule has 0 amide bonds. The Morgan fingerprint density at radius 1 is 0.385 bits per heavy atom. The Labute approximate surface area is 229 Å². The summed E-state index contributed by atoms with van der Waals surface area (Å²) in [6.45, 7) is 2.10. The van der Waals surface area contributed by atoms with E-state index in [1.165, 1.54) is 60.5 Å². The van der Waals surface area contributed by atoms with Gasteiger partial charge in [0.25, 0.3) is 0 Å². The van der Waals surface area contributed by atoms with Crippen LogP contribution in [0.2, 0.25) is 0 Å². The van der Waals surface area contributed by atoms with Crippen molar-refractivity contribution in [3.8, 4) is 44.6 Å². The smallest absolute Gasteiger partial charge is 0.0704 e. The fourth-order valence-corrected chi connectivity index (χ4v) is 5.72. The van der Waals surface area contributed by atoms with E-state index in [4.69, 9.17) is 0 Å². The van der Waals surface area contributed by atoms with Gasteiger partial charge in [0.15, 0.2) is 0 Å². The van der Waals surface area contributed by atoms with Gasteiger partial charge in [-0.3, -0.25) is 4.98 Å². The number of benzene rings is 6. The molecule has 39 heavy (non-hydrogen) atoms. The van der Waals surface area contributed by atoms with Crippen molar-refractivity contribution in [2.75, 3.05) is 0 Å². The molecule has 0 fully saturated rings. The summed E-state index contributed by atoms with van der Waals surface area (Å²) in [5, 5.41) is 5.08. The van der Waals surface area contributed by atoms with Gasteiger partial charge in [0.2, 0.25) is 0 Å². The fourth-order valence-electron chi connectivity index (χ4n) is 5.72. The van der Waals surface area contributed by atoms with Gasteiger partial charge in [-0.2, -0.15) is 0 Å². The molecule has 7 aromatic rings. The van der Waals surface area contributed by atoms with Crippen LogP contribution in [0.5, 0.6) is 0 Å². The number of hydrogen-bond acceptors (Lipinski definition) is 1. The van der Waals surface area contributed by atoms with E-state index < -0.39 is 0 Å². The highest BCUT2D eigenvalue weighted by Gasteiger charge is 2.17. The van der Waals surface area contributed by atoms with Crippen molar-refractivity contribution in [2.24, 2.45) is 0 Å². The minimum Gasteiger partial charge on any atom is -0.256 e. The van der Waals surface area contributed by atoms with E-state index >= 15 is 0 Å². The van der Waals surface area contributed by atoms with Crippen LogP contribution < -0.4 is 0 Å². The van der Waals surface area contributed by atoms with Gasteiger partial charge < -0.3 is 0 Å². The van der Waals surface area contributed by atoms with Crippen LogP contribution in [0.1, 0.15) is 5.56 Å². The maximum Gasteiger partial charge on any atom is 0.0704 e. The Balaban J connectivity index is 1.48. The summed E-state index contributed by atoms with van der Waals surface area (Å²) in [4.78, 5) is 4.57. The molecule has 1 heterocycles. The quantitative estimate of drug-likeness (QED) is 0.220. The molecule has 1 aromatic heterocycles. The first-order valence-electron chi connectivity index (χ1n) is 13.4. The number of rotatable bonds is 4. The highest BCUT2D eigenvalue weighted by atomic mass is 14.7. The van der Waals surface area contributed by atoms with Crippen molar-refractivity contribution >= 4 is 21.5 Å². The minimum absolute atomic E-state index is 1.00. The molecule has 0 saturated carbocycles. The molecule has 0 saturated heterocycles. The van der Waals surface area contributed by atoms with Crippen molar-refractivity contribution < 1.29 is 0 Å². The first kappa shape index (κ1) is 23.1. The molecule has 0 aliphatic heterocycles. The first-order valence-corrected chi connectivity index (χ1v) is 13.4. The largest absolute Gasteiger partial charge is 0.256 e. The van der Waals surface area contributed by atoms with Gasteiger partial charge in [-0.15, -0.1) is 0 Å². The normalized spacial score (nSPS) is 11.2. The van der Waals surface area contributed by atoms with Crippen molar-refractivity contribution in [3.63, 3.8) is 0 Å². The second-order valence-electron chi connectivity index (χ2n) is 10.1. The number of aryl methyl sites for hydroxylation is 1. The van der Waals surface area contributed by atoms with Crippen molar-refractivity contribution in [3.05, 3.63) is 151 Å². The van der Waals surface area contributed by atoms with Crippen molar-refractivity contribution in [1.29, 1.82) is 0 Å². The Morgan fingerprint density at radius 2 is 0.897 bits per heavy atom. The van der Waals surface area contributed by atoms with Gasteiger partial charge in [0.1, 0.15) is 0 Å². The topological polar surface area (TPSA) is 12.9 Å². The van der Waals surface area contributed by atoms with Crippen LogP contribution in [0.15, 0.2) is 146 Å². The number of aromatic nitrogens is 1. The monoisotopic (exact) mass is 497 g/mol. The van der Waals surface area contributed by atoms with Gasteiger partial charge in [-0.05, 0) is 85.6 Å². The summed E-state index contributed by atoms with van der Waals surface area (Å²) in [5.74, 6) is 0. The van der Waals surface area contributed by atoms with Crippen LogP contribution in [0.3, 0.4) is 0 Å². The van der Waals surface area contributed by atoms with Gasteiger partial charge in [-0.1, -0.05) is 121 Å². The lowest BCUT2D eigenvalue weighted by Crippen LogP contribution is -1.91. The fraction of sp³-hybridized carbons (Fsp3) is 0.0263. The summed E-state index contributed by atoms with van der Waals surface area (Å²) in [5.41, 5.74) is 10.8. The molecule has 1 heteroatoms. The second-order valence-corrected chi connectivity index (χ2v) is 10.1. The summed E-state index contributed by atoms with van der Waals surface area (Å²) < 4.78 is 0. The van der Waals surface area contributed by atoms with E-state index in [9.17, 15) is 0 Å². The zero-order valence-electron chi connectivity index (χ0n) is 21.8. The Bertz CT molecular complexity index is 1940. The molecule has 0 aliphatic rings. The van der Waals surface area contributed by atoms with Crippen LogP contribution in [-0.2, 0) is 0 Å². The summed E-state index contributed by atoms with van der Waals surface area (Å²) in [7, 11) is 0. The Hall–Kier alpha value is -5.01. The van der Waals surface area contributed by atoms with Gasteiger partial charge in [0.05, 0.1) is 5.69 Å². The number of nitrogens with zero attached hydrogens (tertiary/aromatic N) is 1. The highest BCUT2D eigenvalue weighted by molar-refractivity contribution is 6.21. The number of fused-ring (bicyclic) bond motifs is 2. The molecular formula is C38H27N. The molecule has 1 nitrogen and oxygen atoms in total. The van der Waals surface area contributed by atoms with E-state index in [1.54, 1.807) is 0 Å². The molecule has 7 rings (SSSR count). The Morgan fingerprint density at radius 3 is 1.51 bits per heavy atom. The molecule has 0 bridgehead atoms. The summed E-state index contributed by atoms with van der Waals surface area (Å²) >= 11 is 0. The van der Waals surface area contributed by atoms with Crippen LogP contribution in [0.4, 0.5) is 0 Å². The van der Waals surface area contributed by atoms with Gasteiger partial charge >= 0.3 is 0 Å². The predicted octanol–water partition coefficient (Wildman–Crippen LogP) is 10.4. The molecule has 6 aromatic carbocycles. The highest BCUT2D eigenvalue weighted by Crippen LogP contribution is 2.44. The zero-order valence-corrected chi connectivity index (χ0v) is 21.8. The molecular weight excluding hydrogens is 470 g/mol. The molecule has 0 atom stereocenters. The van der Waals surface area contributed by atoms with E-state index in [0.29, 0.717) is 0 Å². The first-order chi connectivity index (χ1) is 19.3. The Kier molecular flexibility index (Phi) is 5.75. The van der Waals surface area contributed by atoms with E-state index in [0.717, 1.165) is 11.3 Å². The lowest BCUT2D eigenvalue weighted by Gasteiger charge is -2.18. The van der Waals surface area contributed by atoms with Crippen LogP contribution in [0.25, 0.3) is 66.2 Å². The predicted molar refractivity (Wildman–Crippen MR) is 166 cm³/mol. The van der Waals surface area contributed by atoms with E-state index in [-0.39, 0.29) is 0 Å². The third-order valence-corrected chi connectivity index (χ3v) is 7.58. The molecule has 0 radical (unpaired) electrons. The SMILES string of the molecule is Cc1ccnc(-c2ccc(-c3ccc4c(-c5ccccc5)c5ccccc5c(-c5ccccc5)c4c3)cc2)c1. The molecule has 0 aliphatic carbocycles. The van der Waals surface area contributed by atoms with Crippen LogP contribution in [-0.4, -0.2) is 4.98 Å². The molecule has 0 spiro atoms. The van der Waals surface area contributed by atoms with E-state index in [1.807, 2.05) is 12.3 Å². The number of hydrogen-bond donors (Lipinski definition) is 0.